The first kappa shape index (κ1) is 22.1. The fourth-order valence-electron chi connectivity index (χ4n) is 2.01. The highest BCUT2D eigenvalue weighted by molar-refractivity contribution is 5.73. The Morgan fingerprint density at radius 1 is 1.00 bits per heavy atom. The normalized spacial score (nSPS) is 13.0. The number of carboxylic acids is 2. The maximum atomic E-state index is 10.5. The van der Waals surface area contributed by atoms with E-state index in [0.717, 1.165) is 5.56 Å². The highest BCUT2D eigenvalue weighted by Crippen LogP contribution is 2.12. The van der Waals surface area contributed by atoms with E-state index in [1.165, 1.54) is 11.1 Å². The van der Waals surface area contributed by atoms with Gasteiger partial charge < -0.3 is 21.7 Å². The van der Waals surface area contributed by atoms with Crippen molar-refractivity contribution in [2.24, 2.45) is 17.4 Å². The second kappa shape index (κ2) is 10.8. The first-order valence-electron chi connectivity index (χ1n) is 8.07. The van der Waals surface area contributed by atoms with Crippen LogP contribution in [0.5, 0.6) is 0 Å². The Balaban J connectivity index is 0.000000506. The zero-order chi connectivity index (χ0) is 18.9. The monoisotopic (exact) mass is 338 g/mol. The van der Waals surface area contributed by atoms with Gasteiger partial charge in [-0.15, -0.1) is 0 Å². The summed E-state index contributed by atoms with van der Waals surface area (Å²) in [5, 5.41) is 16.9. The van der Waals surface area contributed by atoms with E-state index in [2.05, 4.69) is 26.0 Å². The summed E-state index contributed by atoms with van der Waals surface area (Å²) in [5.41, 5.74) is 14.3. The molecular weight excluding hydrogens is 308 g/mol. The number of hydrogen-bond donors (Lipinski definition) is 4. The van der Waals surface area contributed by atoms with E-state index in [4.69, 9.17) is 21.7 Å². The van der Waals surface area contributed by atoms with Gasteiger partial charge in [-0.05, 0) is 55.7 Å². The zero-order valence-electron chi connectivity index (χ0n) is 15.0. The van der Waals surface area contributed by atoms with Crippen molar-refractivity contribution in [1.82, 2.24) is 0 Å². The molecule has 1 aromatic carbocycles. The first-order chi connectivity index (χ1) is 11.0. The number of carboxylic acid groups (broad SMARTS) is 2. The van der Waals surface area contributed by atoms with Crippen LogP contribution >= 0.6 is 0 Å². The number of benzene rings is 1. The topological polar surface area (TPSA) is 127 Å². The van der Waals surface area contributed by atoms with E-state index in [0.29, 0.717) is 25.2 Å². The molecule has 2 atom stereocenters. The summed E-state index contributed by atoms with van der Waals surface area (Å²) in [6, 6.07) is 4.72. The average molecular weight is 338 g/mol. The Hall–Kier alpha value is -1.92. The van der Waals surface area contributed by atoms with E-state index in [1.54, 1.807) is 0 Å². The molecule has 0 aliphatic rings. The quantitative estimate of drug-likeness (QED) is 0.603. The lowest BCUT2D eigenvalue weighted by molar-refractivity contribution is -0.139. The Kier molecular flexibility index (Phi) is 9.92. The molecular formula is C18H30N2O4. The molecule has 0 amide bonds. The van der Waals surface area contributed by atoms with Crippen molar-refractivity contribution in [3.05, 3.63) is 34.9 Å². The van der Waals surface area contributed by atoms with Gasteiger partial charge in [-0.2, -0.15) is 0 Å². The molecule has 0 bridgehead atoms. The minimum absolute atomic E-state index is 0.357. The van der Waals surface area contributed by atoms with Crippen molar-refractivity contribution in [3.63, 3.8) is 0 Å². The SMILES string of the molecule is CC(C)C[C@H](N)C(=O)O.Cc1ccc(CC[C@H](N)C(=O)O)cc1C. The summed E-state index contributed by atoms with van der Waals surface area (Å²) < 4.78 is 0. The van der Waals surface area contributed by atoms with Gasteiger partial charge in [-0.25, -0.2) is 0 Å². The molecule has 24 heavy (non-hydrogen) atoms. The zero-order valence-corrected chi connectivity index (χ0v) is 15.0. The fraction of sp³-hybridized carbons (Fsp3) is 0.556. The number of carbonyl (C=O) groups is 2. The molecule has 6 N–H and O–H groups in total. The lowest BCUT2D eigenvalue weighted by Gasteiger charge is -2.07. The van der Waals surface area contributed by atoms with Gasteiger partial charge in [0.15, 0.2) is 0 Å². The molecule has 0 aliphatic heterocycles. The van der Waals surface area contributed by atoms with Gasteiger partial charge in [-0.3, -0.25) is 9.59 Å². The summed E-state index contributed by atoms with van der Waals surface area (Å²) in [5.74, 6) is -1.49. The molecule has 0 saturated heterocycles. The van der Waals surface area contributed by atoms with Gasteiger partial charge in [0.1, 0.15) is 12.1 Å². The van der Waals surface area contributed by atoms with E-state index < -0.39 is 24.0 Å². The summed E-state index contributed by atoms with van der Waals surface area (Å²) in [6.07, 6.45) is 1.75. The van der Waals surface area contributed by atoms with Crippen LogP contribution in [0.25, 0.3) is 0 Å². The van der Waals surface area contributed by atoms with Crippen molar-refractivity contribution < 1.29 is 19.8 Å². The summed E-state index contributed by atoms with van der Waals surface area (Å²) in [4.78, 5) is 20.6. The Morgan fingerprint density at radius 3 is 1.92 bits per heavy atom. The van der Waals surface area contributed by atoms with Crippen LogP contribution in [0.2, 0.25) is 0 Å². The molecule has 0 aromatic heterocycles. The van der Waals surface area contributed by atoms with Crippen molar-refractivity contribution in [3.8, 4) is 0 Å². The molecule has 0 fully saturated rings. The predicted octanol–water partition coefficient (Wildman–Crippen LogP) is 2.09. The van der Waals surface area contributed by atoms with Crippen molar-refractivity contribution in [2.45, 2.75) is 59.0 Å². The van der Waals surface area contributed by atoms with Crippen LogP contribution in [0, 0.1) is 19.8 Å². The lowest BCUT2D eigenvalue weighted by atomic mass is 10.0. The van der Waals surface area contributed by atoms with Crippen LogP contribution in [0.1, 0.15) is 43.4 Å². The molecule has 0 aliphatic carbocycles. The lowest BCUT2D eigenvalue weighted by Crippen LogP contribution is -2.31. The molecule has 0 spiro atoms. The number of rotatable bonds is 7. The Morgan fingerprint density at radius 2 is 1.54 bits per heavy atom. The van der Waals surface area contributed by atoms with Crippen molar-refractivity contribution >= 4 is 11.9 Å². The van der Waals surface area contributed by atoms with Gasteiger partial charge in [-0.1, -0.05) is 32.0 Å². The fourth-order valence-corrected chi connectivity index (χ4v) is 2.01. The van der Waals surface area contributed by atoms with Crippen LogP contribution in [-0.2, 0) is 16.0 Å². The van der Waals surface area contributed by atoms with Crippen LogP contribution in [0.4, 0.5) is 0 Å². The van der Waals surface area contributed by atoms with Gasteiger partial charge in [0, 0.05) is 0 Å². The number of aryl methyl sites for hydroxylation is 3. The van der Waals surface area contributed by atoms with Crippen molar-refractivity contribution in [2.75, 3.05) is 0 Å². The van der Waals surface area contributed by atoms with Crippen molar-refractivity contribution in [1.29, 1.82) is 0 Å². The number of aliphatic carboxylic acids is 2. The van der Waals surface area contributed by atoms with Crippen LogP contribution < -0.4 is 11.5 Å². The molecule has 0 saturated carbocycles. The predicted molar refractivity (Wildman–Crippen MR) is 94.9 cm³/mol. The molecule has 0 radical (unpaired) electrons. The molecule has 0 unspecified atom stereocenters. The third-order valence-corrected chi connectivity index (χ3v) is 3.68. The molecule has 1 aromatic rings. The van der Waals surface area contributed by atoms with Gasteiger partial charge in [0.25, 0.3) is 0 Å². The van der Waals surface area contributed by atoms with Crippen LogP contribution in [0.3, 0.4) is 0 Å². The molecule has 136 valence electrons. The summed E-state index contributed by atoms with van der Waals surface area (Å²) >= 11 is 0. The van der Waals surface area contributed by atoms with Gasteiger partial charge >= 0.3 is 11.9 Å². The summed E-state index contributed by atoms with van der Waals surface area (Å²) in [6.45, 7) is 8.00. The minimum atomic E-state index is -0.932. The maximum absolute atomic E-state index is 10.5. The largest absolute Gasteiger partial charge is 0.480 e. The second-order valence-electron chi connectivity index (χ2n) is 6.48. The summed E-state index contributed by atoms with van der Waals surface area (Å²) in [7, 11) is 0. The maximum Gasteiger partial charge on any atom is 0.320 e. The van der Waals surface area contributed by atoms with E-state index in [9.17, 15) is 9.59 Å². The van der Waals surface area contributed by atoms with E-state index in [1.807, 2.05) is 19.9 Å². The first-order valence-corrected chi connectivity index (χ1v) is 8.07. The number of hydrogen-bond acceptors (Lipinski definition) is 4. The smallest absolute Gasteiger partial charge is 0.320 e. The molecule has 6 nitrogen and oxygen atoms in total. The third kappa shape index (κ3) is 9.27. The Bertz CT molecular complexity index is 544. The van der Waals surface area contributed by atoms with Gasteiger partial charge in [0.2, 0.25) is 0 Å². The number of nitrogens with two attached hydrogens (primary N) is 2. The second-order valence-corrected chi connectivity index (χ2v) is 6.48. The van der Waals surface area contributed by atoms with E-state index in [-0.39, 0.29) is 0 Å². The standard InChI is InChI=1S/C12H17NO2.C6H13NO2/c1-8-3-4-10(7-9(8)2)5-6-11(13)12(14)15;1-4(2)3-5(7)6(8)9/h3-4,7,11H,5-6,13H2,1-2H3,(H,14,15);4-5H,3,7H2,1-2H3,(H,8,9)/t11-;5-/m00/s1. The van der Waals surface area contributed by atoms with E-state index >= 15 is 0 Å². The highest BCUT2D eigenvalue weighted by Gasteiger charge is 2.12. The van der Waals surface area contributed by atoms with Crippen LogP contribution in [0.15, 0.2) is 18.2 Å². The average Bonchev–Trinajstić information content (AvgIpc) is 2.47. The van der Waals surface area contributed by atoms with Gasteiger partial charge in [0.05, 0.1) is 0 Å². The molecule has 0 heterocycles. The third-order valence-electron chi connectivity index (χ3n) is 3.68. The van der Waals surface area contributed by atoms with Crippen LogP contribution in [-0.4, -0.2) is 34.2 Å². The molecule has 1 rings (SSSR count). The highest BCUT2D eigenvalue weighted by atomic mass is 16.4. The minimum Gasteiger partial charge on any atom is -0.480 e. The Labute approximate surface area is 143 Å². The molecule has 6 heteroatoms.